The molecule has 0 saturated carbocycles. The number of aliphatic hydroxyl groups excluding tert-OH is 1. The second kappa shape index (κ2) is 5.99. The van der Waals surface area contributed by atoms with Gasteiger partial charge in [0.1, 0.15) is 6.07 Å². The molecule has 3 nitrogen and oxygen atoms in total. The van der Waals surface area contributed by atoms with E-state index in [1.165, 1.54) is 11.1 Å². The summed E-state index contributed by atoms with van der Waals surface area (Å²) in [5.74, 6) is 0. The van der Waals surface area contributed by atoms with Gasteiger partial charge in [0.25, 0.3) is 0 Å². The lowest BCUT2D eigenvalue weighted by Crippen LogP contribution is -2.23. The van der Waals surface area contributed by atoms with Crippen molar-refractivity contribution in [3.63, 3.8) is 0 Å². The summed E-state index contributed by atoms with van der Waals surface area (Å²) < 4.78 is 0. The van der Waals surface area contributed by atoms with Gasteiger partial charge in [0.2, 0.25) is 0 Å². The van der Waals surface area contributed by atoms with Gasteiger partial charge in [0, 0.05) is 13.1 Å². The van der Waals surface area contributed by atoms with Crippen molar-refractivity contribution in [3.05, 3.63) is 64.7 Å². The Kier molecular flexibility index (Phi) is 3.89. The molecule has 3 rings (SSSR count). The fourth-order valence-corrected chi connectivity index (χ4v) is 2.95. The molecule has 2 aromatic rings. The van der Waals surface area contributed by atoms with Crippen LogP contribution in [-0.4, -0.2) is 11.7 Å². The summed E-state index contributed by atoms with van der Waals surface area (Å²) in [6.45, 7) is 1.75. The summed E-state index contributed by atoms with van der Waals surface area (Å²) in [5, 5.41) is 18.6. The van der Waals surface area contributed by atoms with E-state index >= 15 is 0 Å². The summed E-state index contributed by atoms with van der Waals surface area (Å²) in [6.07, 6.45) is 2.17. The molecule has 3 heteroatoms. The Morgan fingerprint density at radius 3 is 2.71 bits per heavy atom. The molecule has 0 bridgehead atoms. The monoisotopic (exact) mass is 278 g/mol. The minimum Gasteiger partial charge on any atom is -0.392 e. The number of hydrogen-bond donors (Lipinski definition) is 1. The summed E-state index contributed by atoms with van der Waals surface area (Å²) in [6, 6.07) is 16.4. The van der Waals surface area contributed by atoms with E-state index in [-0.39, 0.29) is 6.61 Å². The highest BCUT2D eigenvalue weighted by Gasteiger charge is 2.17. The molecule has 0 aromatic heterocycles. The van der Waals surface area contributed by atoms with E-state index in [1.807, 2.05) is 12.1 Å². The molecule has 0 fully saturated rings. The predicted molar refractivity (Wildman–Crippen MR) is 82.9 cm³/mol. The van der Waals surface area contributed by atoms with Gasteiger partial charge in [0.05, 0.1) is 17.9 Å². The smallest absolute Gasteiger partial charge is 0.101 e. The Bertz CT molecular complexity index is 688. The van der Waals surface area contributed by atoms with Crippen molar-refractivity contribution in [1.82, 2.24) is 0 Å². The Balaban J connectivity index is 1.96. The van der Waals surface area contributed by atoms with Crippen molar-refractivity contribution in [2.24, 2.45) is 0 Å². The molecule has 1 aliphatic rings. The largest absolute Gasteiger partial charge is 0.392 e. The maximum atomic E-state index is 9.38. The van der Waals surface area contributed by atoms with Gasteiger partial charge < -0.3 is 10.0 Å². The van der Waals surface area contributed by atoms with E-state index in [4.69, 9.17) is 0 Å². The minimum absolute atomic E-state index is 0.0300. The second-order valence-corrected chi connectivity index (χ2v) is 5.42. The summed E-state index contributed by atoms with van der Waals surface area (Å²) >= 11 is 0. The third-order valence-corrected chi connectivity index (χ3v) is 4.06. The fraction of sp³-hybridized carbons (Fsp3) is 0.278. The van der Waals surface area contributed by atoms with Gasteiger partial charge in [-0.3, -0.25) is 0 Å². The van der Waals surface area contributed by atoms with Crippen LogP contribution in [0.3, 0.4) is 0 Å². The molecule has 1 heterocycles. The van der Waals surface area contributed by atoms with Crippen LogP contribution in [0.1, 0.15) is 28.7 Å². The highest BCUT2D eigenvalue weighted by atomic mass is 16.3. The number of rotatable bonds is 2. The van der Waals surface area contributed by atoms with E-state index in [2.05, 4.69) is 35.2 Å². The first kappa shape index (κ1) is 13.7. The number of fused-ring (bicyclic) bond motifs is 1. The van der Waals surface area contributed by atoms with Crippen molar-refractivity contribution >= 4 is 5.69 Å². The van der Waals surface area contributed by atoms with Crippen LogP contribution >= 0.6 is 0 Å². The van der Waals surface area contributed by atoms with Gasteiger partial charge in [-0.15, -0.1) is 0 Å². The fourth-order valence-electron chi connectivity index (χ4n) is 2.95. The molecule has 1 N–H and O–H groups in total. The van der Waals surface area contributed by atoms with Gasteiger partial charge >= 0.3 is 0 Å². The van der Waals surface area contributed by atoms with E-state index in [9.17, 15) is 10.4 Å². The van der Waals surface area contributed by atoms with E-state index in [1.54, 1.807) is 6.07 Å². The lowest BCUT2D eigenvalue weighted by Gasteiger charge is -2.24. The van der Waals surface area contributed by atoms with Crippen LogP contribution in [-0.2, 0) is 19.6 Å². The summed E-state index contributed by atoms with van der Waals surface area (Å²) in [7, 11) is 0. The average molecular weight is 278 g/mol. The number of nitrogens with zero attached hydrogens (tertiary/aromatic N) is 2. The standard InChI is InChI=1S/C18H18N2O/c19-11-17-10-14(13-21)7-8-18(17)20-9-3-6-15-4-1-2-5-16(15)12-20/h1-2,4-5,7-8,10,21H,3,6,9,12-13H2. The van der Waals surface area contributed by atoms with Crippen molar-refractivity contribution in [3.8, 4) is 6.07 Å². The van der Waals surface area contributed by atoms with Crippen LogP contribution in [0.5, 0.6) is 0 Å². The van der Waals surface area contributed by atoms with E-state index < -0.39 is 0 Å². The normalized spacial score (nSPS) is 14.2. The summed E-state index contributed by atoms with van der Waals surface area (Å²) in [4.78, 5) is 2.27. The lowest BCUT2D eigenvalue weighted by atomic mass is 10.0. The molecule has 0 spiro atoms. The highest BCUT2D eigenvalue weighted by Crippen LogP contribution is 2.27. The second-order valence-electron chi connectivity index (χ2n) is 5.42. The van der Waals surface area contributed by atoms with E-state index in [0.29, 0.717) is 5.56 Å². The average Bonchev–Trinajstić information content (AvgIpc) is 2.76. The quantitative estimate of drug-likeness (QED) is 0.918. The van der Waals surface area contributed by atoms with Crippen molar-refractivity contribution in [1.29, 1.82) is 5.26 Å². The Hall–Kier alpha value is -2.31. The maximum Gasteiger partial charge on any atom is 0.101 e. The molecule has 0 saturated heterocycles. The van der Waals surface area contributed by atoms with Gasteiger partial charge in [-0.05, 0) is 41.7 Å². The molecule has 1 aliphatic heterocycles. The molecule has 2 aromatic carbocycles. The van der Waals surface area contributed by atoms with Crippen LogP contribution < -0.4 is 4.90 Å². The Morgan fingerprint density at radius 1 is 1.14 bits per heavy atom. The molecular formula is C18H18N2O. The van der Waals surface area contributed by atoms with E-state index in [0.717, 1.165) is 37.2 Å². The van der Waals surface area contributed by atoms with Crippen LogP contribution in [0.4, 0.5) is 5.69 Å². The van der Waals surface area contributed by atoms with Crippen LogP contribution in [0.25, 0.3) is 0 Å². The third-order valence-electron chi connectivity index (χ3n) is 4.06. The number of aryl methyl sites for hydroxylation is 1. The molecule has 0 unspecified atom stereocenters. The molecule has 21 heavy (non-hydrogen) atoms. The topological polar surface area (TPSA) is 47.3 Å². The molecule has 106 valence electrons. The predicted octanol–water partition coefficient (Wildman–Crippen LogP) is 3.00. The molecule has 0 aliphatic carbocycles. The summed E-state index contributed by atoms with van der Waals surface area (Å²) in [5.41, 5.74) is 5.13. The molecule has 0 amide bonds. The minimum atomic E-state index is -0.0300. The number of benzene rings is 2. The molecule has 0 radical (unpaired) electrons. The van der Waals surface area contributed by atoms with Gasteiger partial charge in [0.15, 0.2) is 0 Å². The Labute approximate surface area is 125 Å². The number of aliphatic hydroxyl groups is 1. The van der Waals surface area contributed by atoms with Crippen molar-refractivity contribution in [2.75, 3.05) is 11.4 Å². The first-order valence-corrected chi connectivity index (χ1v) is 7.27. The Morgan fingerprint density at radius 2 is 1.95 bits per heavy atom. The molecular weight excluding hydrogens is 260 g/mol. The van der Waals surface area contributed by atoms with Gasteiger partial charge in [-0.1, -0.05) is 30.3 Å². The van der Waals surface area contributed by atoms with Crippen molar-refractivity contribution < 1.29 is 5.11 Å². The lowest BCUT2D eigenvalue weighted by molar-refractivity contribution is 0.282. The zero-order valence-electron chi connectivity index (χ0n) is 11.9. The molecule has 0 atom stereocenters. The van der Waals surface area contributed by atoms with Crippen LogP contribution in [0.15, 0.2) is 42.5 Å². The zero-order chi connectivity index (χ0) is 14.7. The number of nitriles is 1. The SMILES string of the molecule is N#Cc1cc(CO)ccc1N1CCCc2ccccc2C1. The number of anilines is 1. The van der Waals surface area contributed by atoms with Gasteiger partial charge in [-0.2, -0.15) is 5.26 Å². The number of hydrogen-bond acceptors (Lipinski definition) is 3. The van der Waals surface area contributed by atoms with Crippen molar-refractivity contribution in [2.45, 2.75) is 26.0 Å². The highest BCUT2D eigenvalue weighted by molar-refractivity contribution is 5.61. The van der Waals surface area contributed by atoms with Crippen LogP contribution in [0.2, 0.25) is 0 Å². The zero-order valence-corrected chi connectivity index (χ0v) is 11.9. The first-order chi connectivity index (χ1) is 10.3. The third kappa shape index (κ3) is 2.76. The first-order valence-electron chi connectivity index (χ1n) is 7.27. The van der Waals surface area contributed by atoms with Crippen LogP contribution in [0, 0.1) is 11.3 Å². The maximum absolute atomic E-state index is 9.38. The van der Waals surface area contributed by atoms with Gasteiger partial charge in [-0.25, -0.2) is 0 Å².